The largest absolute Gasteiger partial charge is 0.507 e. The van der Waals surface area contributed by atoms with Gasteiger partial charge in [0.15, 0.2) is 0 Å². The Bertz CT molecular complexity index is 712. The van der Waals surface area contributed by atoms with Gasteiger partial charge in [-0.2, -0.15) is 0 Å². The van der Waals surface area contributed by atoms with Gasteiger partial charge < -0.3 is 20.4 Å². The van der Waals surface area contributed by atoms with Gasteiger partial charge in [0.05, 0.1) is 9.79 Å². The third-order valence-electron chi connectivity index (χ3n) is 4.46. The standard InChI is InChI=1S/C22H30O4S2/c1-3-5-7-9-27-21-13-17(23)15(11-19(21)25)16-12-20(26)22(14-18(16)24)28-10-8-6-4-2/h11-14,23-26H,3-10H2,1-2H3. The van der Waals surface area contributed by atoms with Crippen LogP contribution in [0.25, 0.3) is 11.1 Å². The quantitative estimate of drug-likeness (QED) is 0.182. The van der Waals surface area contributed by atoms with Gasteiger partial charge in [-0.25, -0.2) is 0 Å². The van der Waals surface area contributed by atoms with Crippen molar-refractivity contribution < 1.29 is 20.4 Å². The molecule has 0 saturated carbocycles. The number of rotatable bonds is 11. The van der Waals surface area contributed by atoms with E-state index in [1.54, 1.807) is 0 Å². The van der Waals surface area contributed by atoms with Crippen molar-refractivity contribution in [1.29, 1.82) is 0 Å². The third-order valence-corrected chi connectivity index (χ3v) is 6.72. The number of unbranched alkanes of at least 4 members (excludes halogenated alkanes) is 4. The second kappa shape index (κ2) is 11.4. The fourth-order valence-corrected chi connectivity index (χ4v) is 4.79. The Hall–Kier alpha value is -1.66. The molecule has 0 saturated heterocycles. The summed E-state index contributed by atoms with van der Waals surface area (Å²) in [6.07, 6.45) is 6.63. The molecule has 28 heavy (non-hydrogen) atoms. The lowest BCUT2D eigenvalue weighted by molar-refractivity contribution is 0.444. The van der Waals surface area contributed by atoms with Crippen molar-refractivity contribution in [1.82, 2.24) is 0 Å². The van der Waals surface area contributed by atoms with Crippen LogP contribution in [-0.4, -0.2) is 31.9 Å². The topological polar surface area (TPSA) is 80.9 Å². The maximum atomic E-state index is 10.4. The molecule has 0 fully saturated rings. The molecular formula is C22H30O4S2. The molecular weight excluding hydrogens is 392 g/mol. The van der Waals surface area contributed by atoms with Crippen LogP contribution in [0.5, 0.6) is 23.0 Å². The number of hydrogen-bond acceptors (Lipinski definition) is 6. The van der Waals surface area contributed by atoms with Crippen LogP contribution < -0.4 is 0 Å². The van der Waals surface area contributed by atoms with Crippen molar-refractivity contribution in [3.8, 4) is 34.1 Å². The summed E-state index contributed by atoms with van der Waals surface area (Å²) in [6, 6.07) is 5.93. The molecule has 2 aromatic carbocycles. The third kappa shape index (κ3) is 6.17. The van der Waals surface area contributed by atoms with E-state index < -0.39 is 0 Å². The first-order valence-corrected chi connectivity index (χ1v) is 11.8. The number of phenolic OH excluding ortho intramolecular Hbond substituents is 4. The SMILES string of the molecule is CCCCCSc1cc(O)c(-c2cc(O)c(SCCCCC)cc2O)cc1O. The minimum absolute atomic E-state index is 0.0335. The van der Waals surface area contributed by atoms with Gasteiger partial charge in [0.2, 0.25) is 0 Å². The summed E-state index contributed by atoms with van der Waals surface area (Å²) in [5, 5.41) is 41.5. The van der Waals surface area contributed by atoms with Gasteiger partial charge in [-0.3, -0.25) is 0 Å². The molecule has 4 nitrogen and oxygen atoms in total. The number of benzene rings is 2. The average Bonchev–Trinajstić information content (AvgIpc) is 2.67. The minimum atomic E-state index is -0.0335. The Morgan fingerprint density at radius 2 is 0.964 bits per heavy atom. The molecule has 0 aliphatic rings. The van der Waals surface area contributed by atoms with Gasteiger partial charge >= 0.3 is 0 Å². The van der Waals surface area contributed by atoms with Crippen LogP contribution in [0, 0.1) is 0 Å². The Morgan fingerprint density at radius 1 is 0.571 bits per heavy atom. The van der Waals surface area contributed by atoms with E-state index in [-0.39, 0.29) is 23.0 Å². The van der Waals surface area contributed by atoms with Crippen LogP contribution in [-0.2, 0) is 0 Å². The highest BCUT2D eigenvalue weighted by Crippen LogP contribution is 2.45. The van der Waals surface area contributed by atoms with E-state index >= 15 is 0 Å². The first kappa shape index (κ1) is 22.6. The monoisotopic (exact) mass is 422 g/mol. The summed E-state index contributed by atoms with van der Waals surface area (Å²) in [6.45, 7) is 4.28. The molecule has 2 aromatic rings. The summed E-state index contributed by atoms with van der Waals surface area (Å²) in [5.41, 5.74) is 0.594. The van der Waals surface area contributed by atoms with E-state index in [0.29, 0.717) is 20.9 Å². The summed E-state index contributed by atoms with van der Waals surface area (Å²) >= 11 is 3.01. The highest BCUT2D eigenvalue weighted by atomic mass is 32.2. The van der Waals surface area contributed by atoms with E-state index in [1.807, 2.05) is 0 Å². The number of aromatic hydroxyl groups is 4. The Morgan fingerprint density at radius 3 is 1.32 bits per heavy atom. The molecule has 0 amide bonds. The van der Waals surface area contributed by atoms with Gasteiger partial charge in [-0.1, -0.05) is 39.5 Å². The van der Waals surface area contributed by atoms with E-state index in [4.69, 9.17) is 0 Å². The summed E-state index contributed by atoms with van der Waals surface area (Å²) < 4.78 is 0. The molecule has 0 heterocycles. The average molecular weight is 423 g/mol. The molecule has 0 unspecified atom stereocenters. The molecule has 0 bridgehead atoms. The van der Waals surface area contributed by atoms with Gasteiger partial charge in [0.25, 0.3) is 0 Å². The van der Waals surface area contributed by atoms with Crippen molar-refractivity contribution in [3.63, 3.8) is 0 Å². The second-order valence-electron chi connectivity index (χ2n) is 6.79. The van der Waals surface area contributed by atoms with Crippen molar-refractivity contribution in [2.45, 2.75) is 62.2 Å². The second-order valence-corrected chi connectivity index (χ2v) is 9.06. The van der Waals surface area contributed by atoms with Gasteiger partial charge in [0, 0.05) is 11.1 Å². The van der Waals surface area contributed by atoms with E-state index in [1.165, 1.54) is 47.8 Å². The Kier molecular flexibility index (Phi) is 9.19. The van der Waals surface area contributed by atoms with Crippen molar-refractivity contribution in [2.24, 2.45) is 0 Å². The predicted molar refractivity (Wildman–Crippen MR) is 119 cm³/mol. The summed E-state index contributed by atoms with van der Waals surface area (Å²) in [7, 11) is 0. The smallest absolute Gasteiger partial charge is 0.130 e. The summed E-state index contributed by atoms with van der Waals surface area (Å²) in [4.78, 5) is 1.23. The zero-order chi connectivity index (χ0) is 20.5. The van der Waals surface area contributed by atoms with Crippen molar-refractivity contribution in [3.05, 3.63) is 24.3 Å². The number of phenols is 4. The van der Waals surface area contributed by atoms with Gasteiger partial charge in [-0.15, -0.1) is 23.5 Å². The normalized spacial score (nSPS) is 11.1. The zero-order valence-electron chi connectivity index (χ0n) is 16.6. The molecule has 0 aliphatic carbocycles. The Labute approximate surface area is 176 Å². The first-order valence-electron chi connectivity index (χ1n) is 9.85. The van der Waals surface area contributed by atoms with Crippen molar-refractivity contribution >= 4 is 23.5 Å². The van der Waals surface area contributed by atoms with Gasteiger partial charge in [-0.05, 0) is 48.6 Å². The Balaban J connectivity index is 2.20. The lowest BCUT2D eigenvalue weighted by Gasteiger charge is -2.13. The lowest BCUT2D eigenvalue weighted by atomic mass is 10.0. The van der Waals surface area contributed by atoms with Gasteiger partial charge in [0.1, 0.15) is 23.0 Å². The minimum Gasteiger partial charge on any atom is -0.507 e. The molecule has 0 aliphatic heterocycles. The zero-order valence-corrected chi connectivity index (χ0v) is 18.2. The summed E-state index contributed by atoms with van der Waals surface area (Å²) in [5.74, 6) is 1.80. The van der Waals surface area contributed by atoms with E-state index in [9.17, 15) is 20.4 Å². The molecule has 4 N–H and O–H groups in total. The molecule has 6 heteroatoms. The van der Waals surface area contributed by atoms with E-state index in [2.05, 4.69) is 13.8 Å². The predicted octanol–water partition coefficient (Wildman–Crippen LogP) is 6.74. The molecule has 154 valence electrons. The van der Waals surface area contributed by atoms with Crippen LogP contribution in [0.2, 0.25) is 0 Å². The highest BCUT2D eigenvalue weighted by Gasteiger charge is 2.17. The fourth-order valence-electron chi connectivity index (χ4n) is 2.85. The van der Waals surface area contributed by atoms with Crippen molar-refractivity contribution in [2.75, 3.05) is 11.5 Å². The molecule has 2 rings (SSSR count). The molecule has 0 aromatic heterocycles. The van der Waals surface area contributed by atoms with Crippen LogP contribution in [0.15, 0.2) is 34.1 Å². The van der Waals surface area contributed by atoms with Crippen LogP contribution in [0.4, 0.5) is 0 Å². The number of hydrogen-bond donors (Lipinski definition) is 4. The van der Waals surface area contributed by atoms with E-state index in [0.717, 1.165) is 50.0 Å². The van der Waals surface area contributed by atoms with Crippen LogP contribution in [0.1, 0.15) is 52.4 Å². The van der Waals surface area contributed by atoms with Crippen LogP contribution in [0.3, 0.4) is 0 Å². The molecule has 0 spiro atoms. The highest BCUT2D eigenvalue weighted by molar-refractivity contribution is 7.99. The molecule has 0 atom stereocenters. The lowest BCUT2D eigenvalue weighted by Crippen LogP contribution is -1.87. The van der Waals surface area contributed by atoms with Crippen LogP contribution >= 0.6 is 23.5 Å². The maximum Gasteiger partial charge on any atom is 0.130 e. The number of thioether (sulfide) groups is 2. The first-order chi connectivity index (χ1) is 13.5. The fraction of sp³-hybridized carbons (Fsp3) is 0.455. The maximum absolute atomic E-state index is 10.4. The molecule has 0 radical (unpaired) electrons.